The molecule has 21 heavy (non-hydrogen) atoms. The SMILES string of the molecule is CCOC(=O)c1ccc(NC(=O)C(CN)C(C)C)c(Br)c1. The van der Waals surface area contributed by atoms with Crippen molar-refractivity contribution in [3.05, 3.63) is 28.2 Å². The number of hydrogen-bond donors (Lipinski definition) is 2. The van der Waals surface area contributed by atoms with Crippen LogP contribution in [0.1, 0.15) is 31.1 Å². The quantitative estimate of drug-likeness (QED) is 0.767. The molecule has 0 aliphatic carbocycles. The molecule has 1 aromatic carbocycles. The maximum Gasteiger partial charge on any atom is 0.338 e. The number of rotatable bonds is 6. The lowest BCUT2D eigenvalue weighted by atomic mass is 9.95. The van der Waals surface area contributed by atoms with Crippen LogP contribution in [0.15, 0.2) is 22.7 Å². The number of hydrogen-bond acceptors (Lipinski definition) is 4. The summed E-state index contributed by atoms with van der Waals surface area (Å²) in [6.45, 7) is 6.27. The number of nitrogens with two attached hydrogens (primary N) is 1. The molecule has 0 saturated heterocycles. The first-order valence-corrected chi connectivity index (χ1v) is 7.67. The summed E-state index contributed by atoms with van der Waals surface area (Å²) in [7, 11) is 0. The van der Waals surface area contributed by atoms with Crippen LogP contribution < -0.4 is 11.1 Å². The van der Waals surface area contributed by atoms with Crippen molar-refractivity contribution in [3.63, 3.8) is 0 Å². The van der Waals surface area contributed by atoms with Gasteiger partial charge in [0.05, 0.1) is 23.8 Å². The lowest BCUT2D eigenvalue weighted by molar-refractivity contribution is -0.120. The molecule has 0 fully saturated rings. The topological polar surface area (TPSA) is 81.4 Å². The van der Waals surface area contributed by atoms with Gasteiger partial charge in [0.1, 0.15) is 0 Å². The van der Waals surface area contributed by atoms with Crippen LogP contribution in [-0.4, -0.2) is 25.0 Å². The van der Waals surface area contributed by atoms with Crippen molar-refractivity contribution < 1.29 is 14.3 Å². The summed E-state index contributed by atoms with van der Waals surface area (Å²) in [5.74, 6) is -0.607. The Labute approximate surface area is 133 Å². The van der Waals surface area contributed by atoms with E-state index in [0.29, 0.717) is 28.9 Å². The van der Waals surface area contributed by atoms with E-state index in [1.165, 1.54) is 0 Å². The van der Waals surface area contributed by atoms with E-state index < -0.39 is 5.97 Å². The third kappa shape index (κ3) is 4.82. The van der Waals surface area contributed by atoms with E-state index in [0.717, 1.165) is 0 Å². The van der Waals surface area contributed by atoms with E-state index in [4.69, 9.17) is 10.5 Å². The van der Waals surface area contributed by atoms with Crippen LogP contribution in [0.3, 0.4) is 0 Å². The zero-order valence-electron chi connectivity index (χ0n) is 12.5. The maximum atomic E-state index is 12.2. The first kappa shape index (κ1) is 17.7. The predicted octanol–water partition coefficient (Wildman–Crippen LogP) is 2.80. The maximum absolute atomic E-state index is 12.2. The molecule has 0 radical (unpaired) electrons. The van der Waals surface area contributed by atoms with Crippen molar-refractivity contribution in [1.29, 1.82) is 0 Å². The molecule has 1 atom stereocenters. The Morgan fingerprint density at radius 1 is 1.38 bits per heavy atom. The third-order valence-electron chi connectivity index (χ3n) is 3.13. The number of esters is 1. The first-order valence-electron chi connectivity index (χ1n) is 6.88. The van der Waals surface area contributed by atoms with Crippen LogP contribution in [0, 0.1) is 11.8 Å². The van der Waals surface area contributed by atoms with Gasteiger partial charge in [0.25, 0.3) is 0 Å². The van der Waals surface area contributed by atoms with Gasteiger partial charge in [0.2, 0.25) is 5.91 Å². The summed E-state index contributed by atoms with van der Waals surface area (Å²) >= 11 is 3.35. The predicted molar refractivity (Wildman–Crippen MR) is 86.1 cm³/mol. The summed E-state index contributed by atoms with van der Waals surface area (Å²) in [6.07, 6.45) is 0. The zero-order valence-corrected chi connectivity index (χ0v) is 14.1. The molecule has 0 spiro atoms. The molecule has 0 heterocycles. The van der Waals surface area contributed by atoms with Crippen LogP contribution in [0.5, 0.6) is 0 Å². The minimum Gasteiger partial charge on any atom is -0.462 e. The van der Waals surface area contributed by atoms with Crippen LogP contribution in [0.4, 0.5) is 5.69 Å². The summed E-state index contributed by atoms with van der Waals surface area (Å²) in [4.78, 5) is 23.8. The molecule has 3 N–H and O–H groups in total. The average molecular weight is 357 g/mol. The van der Waals surface area contributed by atoms with Crippen molar-refractivity contribution in [2.45, 2.75) is 20.8 Å². The highest BCUT2D eigenvalue weighted by Crippen LogP contribution is 2.25. The second-order valence-corrected chi connectivity index (χ2v) is 5.84. The lowest BCUT2D eigenvalue weighted by Crippen LogP contribution is -2.33. The number of amides is 1. The Morgan fingerprint density at radius 2 is 2.05 bits per heavy atom. The van der Waals surface area contributed by atoms with E-state index in [9.17, 15) is 9.59 Å². The number of benzene rings is 1. The molecule has 1 aromatic rings. The molecule has 0 aliphatic heterocycles. The fraction of sp³-hybridized carbons (Fsp3) is 0.467. The van der Waals surface area contributed by atoms with Gasteiger partial charge in [-0.05, 0) is 47.0 Å². The van der Waals surface area contributed by atoms with Crippen LogP contribution in [-0.2, 0) is 9.53 Å². The molecule has 0 aromatic heterocycles. The van der Waals surface area contributed by atoms with Crippen LogP contribution >= 0.6 is 15.9 Å². The smallest absolute Gasteiger partial charge is 0.338 e. The Balaban J connectivity index is 2.86. The van der Waals surface area contributed by atoms with Crippen molar-refractivity contribution in [2.24, 2.45) is 17.6 Å². The fourth-order valence-electron chi connectivity index (χ4n) is 1.87. The molecule has 6 heteroatoms. The Bertz CT molecular complexity index is 518. The number of anilines is 1. The van der Waals surface area contributed by atoms with Gasteiger partial charge in [0.15, 0.2) is 0 Å². The lowest BCUT2D eigenvalue weighted by Gasteiger charge is -2.19. The molecule has 0 saturated carbocycles. The number of carbonyl (C=O) groups excluding carboxylic acids is 2. The van der Waals surface area contributed by atoms with E-state index in [2.05, 4.69) is 21.2 Å². The molecule has 1 rings (SSSR count). The summed E-state index contributed by atoms with van der Waals surface area (Å²) in [5.41, 5.74) is 6.67. The van der Waals surface area contributed by atoms with Gasteiger partial charge in [0, 0.05) is 11.0 Å². The van der Waals surface area contributed by atoms with Gasteiger partial charge in [-0.15, -0.1) is 0 Å². The van der Waals surface area contributed by atoms with Gasteiger partial charge in [-0.25, -0.2) is 4.79 Å². The van der Waals surface area contributed by atoms with Crippen molar-refractivity contribution in [2.75, 3.05) is 18.5 Å². The van der Waals surface area contributed by atoms with Gasteiger partial charge >= 0.3 is 5.97 Å². The van der Waals surface area contributed by atoms with Gasteiger partial charge in [-0.3, -0.25) is 4.79 Å². The average Bonchev–Trinajstić information content (AvgIpc) is 2.41. The summed E-state index contributed by atoms with van der Waals surface area (Å²) in [6, 6.07) is 4.91. The van der Waals surface area contributed by atoms with E-state index >= 15 is 0 Å². The molecular weight excluding hydrogens is 336 g/mol. The number of nitrogens with one attached hydrogen (secondary N) is 1. The molecule has 1 unspecified atom stereocenters. The Morgan fingerprint density at radius 3 is 2.52 bits per heavy atom. The van der Waals surface area contributed by atoms with Gasteiger partial charge in [-0.1, -0.05) is 13.8 Å². The standard InChI is InChI=1S/C15H21BrN2O3/c1-4-21-15(20)10-5-6-13(12(16)7-10)18-14(19)11(8-17)9(2)3/h5-7,9,11H,4,8,17H2,1-3H3,(H,18,19). The fourth-order valence-corrected chi connectivity index (χ4v) is 2.34. The molecular formula is C15H21BrN2O3. The molecule has 0 aliphatic rings. The largest absolute Gasteiger partial charge is 0.462 e. The minimum atomic E-state index is -0.391. The van der Waals surface area contributed by atoms with Crippen molar-refractivity contribution >= 4 is 33.5 Å². The summed E-state index contributed by atoms with van der Waals surface area (Å²) in [5, 5.41) is 2.82. The number of halogens is 1. The van der Waals surface area contributed by atoms with Gasteiger partial charge in [-0.2, -0.15) is 0 Å². The second-order valence-electron chi connectivity index (χ2n) is 4.99. The highest BCUT2D eigenvalue weighted by molar-refractivity contribution is 9.10. The zero-order chi connectivity index (χ0) is 16.0. The number of carbonyl (C=O) groups is 2. The van der Waals surface area contributed by atoms with Crippen molar-refractivity contribution in [1.82, 2.24) is 0 Å². The molecule has 5 nitrogen and oxygen atoms in total. The highest BCUT2D eigenvalue weighted by Gasteiger charge is 2.21. The Hall–Kier alpha value is -1.40. The molecule has 116 valence electrons. The monoisotopic (exact) mass is 356 g/mol. The normalized spacial score (nSPS) is 12.1. The van der Waals surface area contributed by atoms with E-state index in [-0.39, 0.29) is 17.7 Å². The second kappa shape index (κ2) is 8.14. The minimum absolute atomic E-state index is 0.128. The van der Waals surface area contributed by atoms with Crippen LogP contribution in [0.25, 0.3) is 0 Å². The molecule has 1 amide bonds. The van der Waals surface area contributed by atoms with E-state index in [1.54, 1.807) is 25.1 Å². The Kier molecular flexibility index (Phi) is 6.84. The highest BCUT2D eigenvalue weighted by atomic mass is 79.9. The summed E-state index contributed by atoms with van der Waals surface area (Å²) < 4.78 is 5.55. The number of ether oxygens (including phenoxy) is 1. The van der Waals surface area contributed by atoms with Crippen molar-refractivity contribution in [3.8, 4) is 0 Å². The molecule has 0 bridgehead atoms. The third-order valence-corrected chi connectivity index (χ3v) is 3.79. The van der Waals surface area contributed by atoms with Crippen LogP contribution in [0.2, 0.25) is 0 Å². The first-order chi connectivity index (χ1) is 9.90. The van der Waals surface area contributed by atoms with Gasteiger partial charge < -0.3 is 15.8 Å². The van der Waals surface area contributed by atoms with E-state index in [1.807, 2.05) is 13.8 Å².